The van der Waals surface area contributed by atoms with Crippen LogP contribution in [0.25, 0.3) is 10.9 Å². The van der Waals surface area contributed by atoms with Gasteiger partial charge in [-0.3, -0.25) is 19.3 Å². The average Bonchev–Trinajstić information content (AvgIpc) is 3.24. The van der Waals surface area contributed by atoms with Crippen LogP contribution in [0.3, 0.4) is 0 Å². The molecule has 0 spiro atoms. The summed E-state index contributed by atoms with van der Waals surface area (Å²) in [5.74, 6) is -0.655. The van der Waals surface area contributed by atoms with E-state index in [1.54, 1.807) is 24.3 Å². The fraction of sp³-hybridized carbons (Fsp3) is 0.320. The van der Waals surface area contributed by atoms with Gasteiger partial charge in [-0.1, -0.05) is 30.3 Å². The summed E-state index contributed by atoms with van der Waals surface area (Å²) in [6.07, 6.45) is 2.80. The summed E-state index contributed by atoms with van der Waals surface area (Å²) in [5.41, 5.74) is 3.19. The van der Waals surface area contributed by atoms with Gasteiger partial charge in [-0.25, -0.2) is 0 Å². The number of hydrogen-bond donors (Lipinski definition) is 1. The Morgan fingerprint density at radius 2 is 1.62 bits per heavy atom. The summed E-state index contributed by atoms with van der Waals surface area (Å²) < 4.78 is 2.10. The summed E-state index contributed by atoms with van der Waals surface area (Å²) in [6, 6.07) is 15.1. The molecular weight excluding hydrogens is 404 g/mol. The van der Waals surface area contributed by atoms with Crippen LogP contribution in [-0.4, -0.2) is 59.3 Å². The summed E-state index contributed by atoms with van der Waals surface area (Å²) >= 11 is 0. The number of benzene rings is 2. The van der Waals surface area contributed by atoms with Crippen molar-refractivity contribution in [1.82, 2.24) is 19.7 Å². The molecule has 7 nitrogen and oxygen atoms in total. The van der Waals surface area contributed by atoms with Gasteiger partial charge in [0.15, 0.2) is 0 Å². The van der Waals surface area contributed by atoms with Crippen molar-refractivity contribution < 1.29 is 14.4 Å². The van der Waals surface area contributed by atoms with Crippen LogP contribution in [0.15, 0.2) is 54.7 Å². The Labute approximate surface area is 187 Å². The zero-order valence-electron chi connectivity index (χ0n) is 18.7. The molecule has 7 heteroatoms. The van der Waals surface area contributed by atoms with E-state index in [1.165, 1.54) is 15.8 Å². The average molecular weight is 433 g/mol. The van der Waals surface area contributed by atoms with E-state index in [9.17, 15) is 14.4 Å². The first kappa shape index (κ1) is 21.8. The van der Waals surface area contributed by atoms with Crippen molar-refractivity contribution in [3.63, 3.8) is 0 Å². The van der Waals surface area contributed by atoms with E-state index in [-0.39, 0.29) is 36.7 Å². The Balaban J connectivity index is 1.33. The zero-order valence-corrected chi connectivity index (χ0v) is 18.7. The lowest BCUT2D eigenvalue weighted by molar-refractivity contribution is -0.121. The van der Waals surface area contributed by atoms with E-state index in [0.717, 1.165) is 5.52 Å². The molecule has 0 aliphatic carbocycles. The number of hydrogen-bond acceptors (Lipinski definition) is 4. The largest absolute Gasteiger partial charge is 0.354 e. The SMILES string of the molecule is CN(C)C(CNC(=O)CCCN1C(=O)c2ccccc2C1=O)c1cn(C)c2ccccc12. The van der Waals surface area contributed by atoms with Crippen LogP contribution >= 0.6 is 0 Å². The van der Waals surface area contributed by atoms with Gasteiger partial charge in [-0.15, -0.1) is 0 Å². The molecule has 0 saturated heterocycles. The first-order chi connectivity index (χ1) is 15.4. The number of carbonyl (C=O) groups excluding carboxylic acids is 3. The van der Waals surface area contributed by atoms with Gasteiger partial charge in [0.2, 0.25) is 5.91 Å². The molecule has 1 aliphatic rings. The van der Waals surface area contributed by atoms with Gasteiger partial charge in [-0.2, -0.15) is 0 Å². The molecule has 3 amide bonds. The van der Waals surface area contributed by atoms with Gasteiger partial charge < -0.3 is 14.8 Å². The van der Waals surface area contributed by atoms with Gasteiger partial charge >= 0.3 is 0 Å². The lowest BCUT2D eigenvalue weighted by Crippen LogP contribution is -2.35. The van der Waals surface area contributed by atoms with Gasteiger partial charge in [0, 0.05) is 43.7 Å². The van der Waals surface area contributed by atoms with Crippen molar-refractivity contribution in [3.8, 4) is 0 Å². The quantitative estimate of drug-likeness (QED) is 0.556. The third-order valence-electron chi connectivity index (χ3n) is 6.07. The van der Waals surface area contributed by atoms with Gasteiger partial charge in [0.05, 0.1) is 17.2 Å². The van der Waals surface area contributed by atoms with E-state index in [2.05, 4.69) is 33.1 Å². The highest BCUT2D eigenvalue weighted by Gasteiger charge is 2.34. The van der Waals surface area contributed by atoms with Crippen LogP contribution in [0.5, 0.6) is 0 Å². The second-order valence-electron chi connectivity index (χ2n) is 8.41. The molecule has 0 fully saturated rings. The van der Waals surface area contributed by atoms with Gasteiger partial charge in [0.1, 0.15) is 0 Å². The molecule has 3 aromatic rings. The Kier molecular flexibility index (Phi) is 6.10. The highest BCUT2D eigenvalue weighted by molar-refractivity contribution is 6.21. The summed E-state index contributed by atoms with van der Waals surface area (Å²) in [4.78, 5) is 40.7. The molecule has 2 aromatic carbocycles. The minimum atomic E-state index is -0.283. The summed E-state index contributed by atoms with van der Waals surface area (Å²) in [5, 5.41) is 4.20. The predicted octanol–water partition coefficient (Wildman–Crippen LogP) is 2.97. The molecule has 0 radical (unpaired) electrons. The molecule has 166 valence electrons. The lowest BCUT2D eigenvalue weighted by atomic mass is 10.0. The fourth-order valence-corrected chi connectivity index (χ4v) is 4.35. The molecule has 2 heterocycles. The second-order valence-corrected chi connectivity index (χ2v) is 8.41. The molecule has 32 heavy (non-hydrogen) atoms. The van der Waals surface area contributed by atoms with Crippen molar-refractivity contribution in [2.75, 3.05) is 27.2 Å². The molecule has 1 atom stereocenters. The Morgan fingerprint density at radius 3 is 2.28 bits per heavy atom. The van der Waals surface area contributed by atoms with E-state index >= 15 is 0 Å². The number of fused-ring (bicyclic) bond motifs is 2. The van der Waals surface area contributed by atoms with Crippen LogP contribution in [-0.2, 0) is 11.8 Å². The lowest BCUT2D eigenvalue weighted by Gasteiger charge is -2.24. The topological polar surface area (TPSA) is 74.7 Å². The summed E-state index contributed by atoms with van der Waals surface area (Å²) in [6.45, 7) is 0.715. The maximum atomic E-state index is 12.5. The first-order valence-corrected chi connectivity index (χ1v) is 10.8. The van der Waals surface area contributed by atoms with E-state index < -0.39 is 0 Å². The van der Waals surface area contributed by atoms with Crippen molar-refractivity contribution in [1.29, 1.82) is 0 Å². The normalized spacial score (nSPS) is 14.3. The molecular formula is C25H28N4O3. The number of aryl methyl sites for hydroxylation is 1. The van der Waals surface area contributed by atoms with Crippen molar-refractivity contribution >= 4 is 28.6 Å². The van der Waals surface area contributed by atoms with Gasteiger partial charge in [-0.05, 0) is 44.3 Å². The first-order valence-electron chi connectivity index (χ1n) is 10.8. The second kappa shape index (κ2) is 8.96. The molecule has 1 N–H and O–H groups in total. The number of rotatable bonds is 8. The van der Waals surface area contributed by atoms with E-state index in [0.29, 0.717) is 24.1 Å². The number of imide groups is 1. The number of para-hydroxylation sites is 1. The number of nitrogens with one attached hydrogen (secondary N) is 1. The van der Waals surface area contributed by atoms with Crippen molar-refractivity contribution in [2.45, 2.75) is 18.9 Å². The van der Waals surface area contributed by atoms with Crippen LogP contribution in [0.1, 0.15) is 45.2 Å². The maximum absolute atomic E-state index is 12.5. The van der Waals surface area contributed by atoms with Crippen molar-refractivity contribution in [3.05, 3.63) is 71.4 Å². The van der Waals surface area contributed by atoms with Crippen LogP contribution in [0.4, 0.5) is 0 Å². The minimum absolute atomic E-state index is 0.0290. The standard InChI is InChI=1S/C25H28N4O3/c1-27(2)22(20-16-28(3)21-12-7-6-9-17(20)21)15-26-23(30)13-8-14-29-24(31)18-10-4-5-11-19(18)25(29)32/h4-7,9-12,16,22H,8,13-15H2,1-3H3,(H,26,30). The van der Waals surface area contributed by atoms with E-state index in [1.807, 2.05) is 33.3 Å². The molecule has 1 aromatic heterocycles. The smallest absolute Gasteiger partial charge is 0.261 e. The Bertz CT molecular complexity index is 1150. The molecule has 0 saturated carbocycles. The maximum Gasteiger partial charge on any atom is 0.261 e. The number of amides is 3. The number of carbonyl (C=O) groups is 3. The Hall–Kier alpha value is -3.45. The Morgan fingerprint density at radius 1 is 1.00 bits per heavy atom. The fourth-order valence-electron chi connectivity index (χ4n) is 4.35. The third kappa shape index (κ3) is 4.03. The molecule has 4 rings (SSSR count). The zero-order chi connectivity index (χ0) is 22.8. The monoisotopic (exact) mass is 432 g/mol. The molecule has 1 unspecified atom stereocenters. The minimum Gasteiger partial charge on any atom is -0.354 e. The number of aromatic nitrogens is 1. The molecule has 1 aliphatic heterocycles. The van der Waals surface area contributed by atoms with Gasteiger partial charge in [0.25, 0.3) is 11.8 Å². The number of nitrogens with zero attached hydrogens (tertiary/aromatic N) is 3. The predicted molar refractivity (Wildman–Crippen MR) is 123 cm³/mol. The van der Waals surface area contributed by atoms with E-state index in [4.69, 9.17) is 0 Å². The summed E-state index contributed by atoms with van der Waals surface area (Å²) in [7, 11) is 6.03. The molecule has 0 bridgehead atoms. The van der Waals surface area contributed by atoms with Crippen LogP contribution in [0.2, 0.25) is 0 Å². The highest BCUT2D eigenvalue weighted by Crippen LogP contribution is 2.28. The number of likely N-dealkylation sites (N-methyl/N-ethyl adjacent to an activating group) is 1. The van der Waals surface area contributed by atoms with Crippen LogP contribution < -0.4 is 5.32 Å². The highest BCUT2D eigenvalue weighted by atomic mass is 16.2. The van der Waals surface area contributed by atoms with Crippen LogP contribution in [0, 0.1) is 0 Å². The van der Waals surface area contributed by atoms with Crippen molar-refractivity contribution in [2.24, 2.45) is 7.05 Å². The third-order valence-corrected chi connectivity index (χ3v) is 6.07.